The molecule has 3 rings (SSSR count). The molecule has 132 valence electrons. The van der Waals surface area contributed by atoms with E-state index in [0.717, 1.165) is 50.5 Å². The fourth-order valence-corrected chi connectivity index (χ4v) is 5.19. The lowest BCUT2D eigenvalue weighted by molar-refractivity contribution is -0.138. The summed E-state index contributed by atoms with van der Waals surface area (Å²) in [7, 11) is 0. The molecule has 0 aliphatic heterocycles. The zero-order valence-corrected chi connectivity index (χ0v) is 15.5. The Hall–Kier alpha value is -1.15. The second-order valence-electron chi connectivity index (χ2n) is 8.62. The van der Waals surface area contributed by atoms with Crippen LogP contribution in [0.15, 0.2) is 35.5 Å². The van der Waals surface area contributed by atoms with Gasteiger partial charge < -0.3 is 5.11 Å². The van der Waals surface area contributed by atoms with Gasteiger partial charge in [0.15, 0.2) is 5.78 Å². The molecule has 0 heterocycles. The number of carbonyl (C=O) groups excluding carboxylic acids is 1. The second kappa shape index (κ2) is 6.63. The summed E-state index contributed by atoms with van der Waals surface area (Å²) >= 11 is 0. The Kier molecular flexibility index (Phi) is 4.88. The van der Waals surface area contributed by atoms with Crippen molar-refractivity contribution in [1.82, 2.24) is 0 Å². The third kappa shape index (κ3) is 3.06. The number of aliphatic hydroxyl groups is 1. The molecule has 2 saturated carbocycles. The lowest BCUT2D eigenvalue weighted by Crippen LogP contribution is -2.50. The molecule has 0 bridgehead atoms. The van der Waals surface area contributed by atoms with E-state index in [-0.39, 0.29) is 17.4 Å². The van der Waals surface area contributed by atoms with Crippen molar-refractivity contribution in [1.29, 1.82) is 0 Å². The summed E-state index contributed by atoms with van der Waals surface area (Å²) in [6, 6.07) is 0. The van der Waals surface area contributed by atoms with Crippen LogP contribution < -0.4 is 0 Å². The molecule has 2 unspecified atom stereocenters. The zero-order chi connectivity index (χ0) is 17.5. The first-order valence-electron chi connectivity index (χ1n) is 9.61. The van der Waals surface area contributed by atoms with Gasteiger partial charge in [-0.3, -0.25) is 4.79 Å². The number of fused-ring (bicyclic) bond motifs is 1. The maximum absolute atomic E-state index is 13.2. The summed E-state index contributed by atoms with van der Waals surface area (Å²) in [6.07, 6.45) is 11.0. The average Bonchev–Trinajstić information content (AvgIpc) is 2.56. The molecule has 0 aromatic heterocycles. The van der Waals surface area contributed by atoms with Crippen molar-refractivity contribution in [2.24, 2.45) is 23.2 Å². The quantitative estimate of drug-likeness (QED) is 0.572. The molecule has 0 saturated heterocycles. The monoisotopic (exact) mass is 328 g/mol. The molecule has 5 atom stereocenters. The van der Waals surface area contributed by atoms with Crippen LogP contribution in [0.3, 0.4) is 0 Å². The van der Waals surface area contributed by atoms with Crippen molar-refractivity contribution in [3.05, 3.63) is 35.5 Å². The van der Waals surface area contributed by atoms with Gasteiger partial charge in [0.1, 0.15) is 0 Å². The highest BCUT2D eigenvalue weighted by Gasteiger charge is 2.51. The SMILES string of the molecule is C=C(C)[C@H]1CC=C(C=C2CCC3[C@H](C)C(O)CC[C@]3(C)C2=O)CC1. The number of ketones is 1. The number of aliphatic hydroxyl groups excluding tert-OH is 1. The highest BCUT2D eigenvalue weighted by atomic mass is 16.3. The Balaban J connectivity index is 1.77. The number of allylic oxidation sites excluding steroid dienone is 5. The van der Waals surface area contributed by atoms with E-state index >= 15 is 0 Å². The molecule has 2 nitrogen and oxygen atoms in total. The molecule has 0 aromatic carbocycles. The van der Waals surface area contributed by atoms with Gasteiger partial charge in [-0.05, 0) is 75.2 Å². The number of hydrogen-bond donors (Lipinski definition) is 1. The van der Waals surface area contributed by atoms with E-state index in [1.807, 2.05) is 0 Å². The van der Waals surface area contributed by atoms with Gasteiger partial charge in [0.25, 0.3) is 0 Å². The van der Waals surface area contributed by atoms with E-state index in [4.69, 9.17) is 0 Å². The van der Waals surface area contributed by atoms with Crippen molar-refractivity contribution in [3.63, 3.8) is 0 Å². The van der Waals surface area contributed by atoms with Crippen LogP contribution in [0.1, 0.15) is 65.7 Å². The first kappa shape index (κ1) is 17.7. The summed E-state index contributed by atoms with van der Waals surface area (Å²) in [5, 5.41) is 10.2. The minimum Gasteiger partial charge on any atom is -0.393 e. The number of rotatable bonds is 2. The van der Waals surface area contributed by atoms with Gasteiger partial charge >= 0.3 is 0 Å². The van der Waals surface area contributed by atoms with E-state index in [1.165, 1.54) is 11.1 Å². The summed E-state index contributed by atoms with van der Waals surface area (Å²) in [6.45, 7) is 10.5. The molecule has 0 spiro atoms. The summed E-state index contributed by atoms with van der Waals surface area (Å²) < 4.78 is 0. The van der Waals surface area contributed by atoms with Gasteiger partial charge in [0.2, 0.25) is 0 Å². The number of carbonyl (C=O) groups is 1. The van der Waals surface area contributed by atoms with E-state index in [2.05, 4.69) is 39.5 Å². The van der Waals surface area contributed by atoms with Crippen LogP contribution >= 0.6 is 0 Å². The van der Waals surface area contributed by atoms with Crippen LogP contribution in [0, 0.1) is 23.2 Å². The fraction of sp³-hybridized carbons (Fsp3) is 0.682. The normalized spacial score (nSPS) is 41.8. The lowest BCUT2D eigenvalue weighted by Gasteiger charge is -2.49. The number of hydrogen-bond acceptors (Lipinski definition) is 2. The smallest absolute Gasteiger partial charge is 0.165 e. The second-order valence-corrected chi connectivity index (χ2v) is 8.62. The highest BCUT2D eigenvalue weighted by molar-refractivity contribution is 6.01. The maximum atomic E-state index is 13.2. The molecule has 0 amide bonds. The lowest BCUT2D eigenvalue weighted by atomic mass is 9.54. The van der Waals surface area contributed by atoms with Crippen molar-refractivity contribution < 1.29 is 9.90 Å². The molecule has 0 aromatic rings. The Bertz CT molecular complexity index is 597. The van der Waals surface area contributed by atoms with Crippen molar-refractivity contribution in [2.45, 2.75) is 71.8 Å². The number of Topliss-reactive ketones (excluding diaryl/α,β-unsaturated/α-hetero) is 1. The molecule has 3 aliphatic rings. The van der Waals surface area contributed by atoms with Gasteiger partial charge in [-0.2, -0.15) is 0 Å². The summed E-state index contributed by atoms with van der Waals surface area (Å²) in [4.78, 5) is 13.2. The topological polar surface area (TPSA) is 37.3 Å². The van der Waals surface area contributed by atoms with Crippen molar-refractivity contribution in [2.75, 3.05) is 0 Å². The van der Waals surface area contributed by atoms with Crippen LogP contribution in [0.2, 0.25) is 0 Å². The van der Waals surface area contributed by atoms with E-state index < -0.39 is 0 Å². The third-order valence-corrected chi connectivity index (χ3v) is 7.06. The highest BCUT2D eigenvalue weighted by Crippen LogP contribution is 2.52. The summed E-state index contributed by atoms with van der Waals surface area (Å²) in [5.74, 6) is 1.52. The Morgan fingerprint density at radius 3 is 2.71 bits per heavy atom. The fourth-order valence-electron chi connectivity index (χ4n) is 5.19. The first-order valence-corrected chi connectivity index (χ1v) is 9.61. The molecule has 24 heavy (non-hydrogen) atoms. The molecule has 3 aliphatic carbocycles. The van der Waals surface area contributed by atoms with Crippen LogP contribution in [0.5, 0.6) is 0 Å². The standard InChI is InChI=1S/C22H32O2/c1-14(2)17-7-5-16(6-8-17)13-18-9-10-19-15(3)20(23)11-12-22(19,4)21(18)24/h5,13,15,17,19-20,23H,1,6-12H2,2-4H3/t15-,17-,19?,20?,22-/m0/s1. The predicted octanol–water partition coefficient (Wildman–Crippen LogP) is 4.99. The Labute approximate surface area is 146 Å². The minimum absolute atomic E-state index is 0.235. The van der Waals surface area contributed by atoms with Crippen LogP contribution in [0.4, 0.5) is 0 Å². The maximum Gasteiger partial charge on any atom is 0.165 e. The Morgan fingerprint density at radius 2 is 2.08 bits per heavy atom. The molecule has 0 radical (unpaired) electrons. The van der Waals surface area contributed by atoms with E-state index in [9.17, 15) is 9.90 Å². The van der Waals surface area contributed by atoms with Gasteiger partial charge in [-0.25, -0.2) is 0 Å². The molecule has 2 heteroatoms. The first-order chi connectivity index (χ1) is 11.3. The third-order valence-electron chi connectivity index (χ3n) is 7.06. The van der Waals surface area contributed by atoms with Crippen molar-refractivity contribution in [3.8, 4) is 0 Å². The van der Waals surface area contributed by atoms with Crippen LogP contribution in [-0.4, -0.2) is 17.0 Å². The molecular weight excluding hydrogens is 296 g/mol. The molecular formula is C22H32O2. The van der Waals surface area contributed by atoms with E-state index in [0.29, 0.717) is 17.6 Å². The summed E-state index contributed by atoms with van der Waals surface area (Å²) in [5.41, 5.74) is 3.37. The van der Waals surface area contributed by atoms with E-state index in [1.54, 1.807) is 0 Å². The van der Waals surface area contributed by atoms with Crippen LogP contribution in [0.25, 0.3) is 0 Å². The van der Waals surface area contributed by atoms with Gasteiger partial charge in [-0.15, -0.1) is 0 Å². The minimum atomic E-state index is -0.266. The molecule has 1 N–H and O–H groups in total. The van der Waals surface area contributed by atoms with Gasteiger partial charge in [-0.1, -0.05) is 43.7 Å². The van der Waals surface area contributed by atoms with Crippen LogP contribution in [-0.2, 0) is 4.79 Å². The zero-order valence-electron chi connectivity index (χ0n) is 15.5. The largest absolute Gasteiger partial charge is 0.393 e. The van der Waals surface area contributed by atoms with Crippen molar-refractivity contribution >= 4 is 5.78 Å². The van der Waals surface area contributed by atoms with Gasteiger partial charge in [0, 0.05) is 5.41 Å². The predicted molar refractivity (Wildman–Crippen MR) is 98.6 cm³/mol. The van der Waals surface area contributed by atoms with Gasteiger partial charge in [0.05, 0.1) is 6.10 Å². The average molecular weight is 328 g/mol. The Morgan fingerprint density at radius 1 is 1.33 bits per heavy atom. The molecule has 2 fully saturated rings.